The first-order chi connectivity index (χ1) is 41.1. The molecule has 8 aromatic rings. The van der Waals surface area contributed by atoms with Crippen molar-refractivity contribution < 1.29 is 39.0 Å². The third kappa shape index (κ3) is 16.3. The minimum absolute atomic E-state index is 0.0302. The fraction of sp³-hybridized carbons (Fsp3) is 0.213. The smallest absolute Gasteiger partial charge is 0.271 e. The van der Waals surface area contributed by atoms with E-state index in [9.17, 15) is 45.6 Å². The van der Waals surface area contributed by atoms with Gasteiger partial charge in [0.2, 0.25) is 0 Å². The highest BCUT2D eigenvalue weighted by Crippen LogP contribution is 2.42. The molecular formula is C61H56N12O12. The molecule has 0 aliphatic heterocycles. The molecule has 0 heterocycles. The number of azo groups is 4. The van der Waals surface area contributed by atoms with Crippen LogP contribution in [-0.2, 0) is 19.3 Å². The summed E-state index contributed by atoms with van der Waals surface area (Å²) in [5, 5.41) is 94.6. The molecule has 0 aliphatic carbocycles. The van der Waals surface area contributed by atoms with Crippen LogP contribution in [0.5, 0.6) is 23.0 Å². The number of non-ortho nitro benzene ring substituents is 4. The second kappa shape index (κ2) is 28.6. The van der Waals surface area contributed by atoms with Crippen LogP contribution in [-0.4, -0.2) is 44.6 Å². The Morgan fingerprint density at radius 2 is 0.671 bits per heavy atom. The minimum atomic E-state index is -0.541. The van der Waals surface area contributed by atoms with Gasteiger partial charge < -0.3 is 19.3 Å². The Hall–Kier alpha value is -11.0. The van der Waals surface area contributed by atoms with E-state index in [-0.39, 0.29) is 82.8 Å². The lowest BCUT2D eigenvalue weighted by molar-refractivity contribution is -0.385. The van der Waals surface area contributed by atoms with Gasteiger partial charge in [0.1, 0.15) is 23.0 Å². The second-order valence-electron chi connectivity index (χ2n) is 19.2. The summed E-state index contributed by atoms with van der Waals surface area (Å²) in [4.78, 5) is 44.4. The van der Waals surface area contributed by atoms with E-state index in [2.05, 4.69) is 40.9 Å². The predicted molar refractivity (Wildman–Crippen MR) is 317 cm³/mol. The number of phenolic OH excluding ortho intramolecular Hbond substituents is 1. The van der Waals surface area contributed by atoms with Crippen molar-refractivity contribution in [3.8, 4) is 23.0 Å². The molecule has 24 heteroatoms. The molecule has 24 nitrogen and oxygen atoms in total. The lowest BCUT2D eigenvalue weighted by Gasteiger charge is -2.20. The quantitative estimate of drug-likeness (QED) is 0.0285. The zero-order valence-electron chi connectivity index (χ0n) is 46.6. The SMILES string of the molecule is CCCOc1ccc(N=Nc2cccc([N+](=O)[O-])c2)cc1Cc1cc(N=Nc2cccc([N+](=O)[O-])c2)cc(Cc2cc(N=Nc3cccc([N+](=O)[O-])c3)cc(Cc3cc(N=Nc4cccc([N+](=O)[O-])c4)cc(C)c3OCCC)c2OCCC)c1O. The van der Waals surface area contributed by atoms with E-state index in [1.807, 2.05) is 27.7 Å². The second-order valence-corrected chi connectivity index (χ2v) is 19.2. The maximum atomic E-state index is 12.6. The zero-order chi connectivity index (χ0) is 60.4. The lowest BCUT2D eigenvalue weighted by Crippen LogP contribution is -2.06. The Kier molecular flexibility index (Phi) is 20.2. The fourth-order valence-corrected chi connectivity index (χ4v) is 8.81. The molecule has 0 aromatic heterocycles. The average molecular weight is 1150 g/mol. The third-order valence-electron chi connectivity index (χ3n) is 12.7. The Morgan fingerprint density at radius 1 is 0.365 bits per heavy atom. The minimum Gasteiger partial charge on any atom is -0.507 e. The molecule has 0 saturated carbocycles. The molecule has 0 aliphatic rings. The van der Waals surface area contributed by atoms with E-state index >= 15 is 0 Å². The van der Waals surface area contributed by atoms with E-state index in [0.717, 1.165) is 5.56 Å². The van der Waals surface area contributed by atoms with Gasteiger partial charge in [0.25, 0.3) is 22.7 Å². The number of hydrogen-bond donors (Lipinski definition) is 1. The molecule has 8 aromatic carbocycles. The van der Waals surface area contributed by atoms with Crippen LogP contribution in [0.25, 0.3) is 0 Å². The average Bonchev–Trinajstić information content (AvgIpc) is 3.69. The topological polar surface area (TPSA) is 319 Å². The summed E-state index contributed by atoms with van der Waals surface area (Å²) in [5.41, 5.74) is 5.41. The first-order valence-corrected chi connectivity index (χ1v) is 26.9. The van der Waals surface area contributed by atoms with Crippen LogP contribution in [0.1, 0.15) is 79.0 Å². The summed E-state index contributed by atoms with van der Waals surface area (Å²) < 4.78 is 19.3. The van der Waals surface area contributed by atoms with Gasteiger partial charge in [-0.3, -0.25) is 40.5 Å². The molecule has 0 bridgehead atoms. The van der Waals surface area contributed by atoms with Crippen LogP contribution in [0.4, 0.5) is 68.2 Å². The van der Waals surface area contributed by atoms with Gasteiger partial charge in [-0.1, -0.05) is 45.0 Å². The molecule has 1 N–H and O–H groups in total. The zero-order valence-corrected chi connectivity index (χ0v) is 46.6. The Labute approximate surface area is 486 Å². The molecule has 0 unspecified atom stereocenters. The number of rotatable bonds is 27. The summed E-state index contributed by atoms with van der Waals surface area (Å²) in [7, 11) is 0. The van der Waals surface area contributed by atoms with Crippen molar-refractivity contribution in [1.82, 2.24) is 0 Å². The van der Waals surface area contributed by atoms with Gasteiger partial charge in [-0.25, -0.2) is 0 Å². The Bertz CT molecular complexity index is 3930. The van der Waals surface area contributed by atoms with E-state index in [1.165, 1.54) is 72.8 Å². The molecule has 0 fully saturated rings. The number of ether oxygens (including phenoxy) is 3. The monoisotopic (exact) mass is 1150 g/mol. The normalized spacial score (nSPS) is 11.5. The summed E-state index contributed by atoms with van der Waals surface area (Å²) in [6.07, 6.45) is 2.12. The Balaban J connectivity index is 1.29. The molecule has 85 heavy (non-hydrogen) atoms. The highest BCUT2D eigenvalue weighted by Gasteiger charge is 2.22. The Morgan fingerprint density at radius 3 is 1.07 bits per heavy atom. The summed E-state index contributed by atoms with van der Waals surface area (Å²) in [6.45, 7) is 8.75. The van der Waals surface area contributed by atoms with Crippen LogP contribution in [0.2, 0.25) is 0 Å². The number of aromatic hydroxyl groups is 1. The molecule has 8 rings (SSSR count). The predicted octanol–water partition coefficient (Wildman–Crippen LogP) is 18.1. The molecule has 0 saturated heterocycles. The van der Waals surface area contributed by atoms with Crippen molar-refractivity contribution in [2.45, 2.75) is 66.2 Å². The van der Waals surface area contributed by atoms with E-state index < -0.39 is 19.7 Å². The maximum absolute atomic E-state index is 12.6. The lowest BCUT2D eigenvalue weighted by atomic mass is 9.93. The van der Waals surface area contributed by atoms with E-state index in [1.54, 1.807) is 78.9 Å². The highest BCUT2D eigenvalue weighted by atomic mass is 16.6. The van der Waals surface area contributed by atoms with Gasteiger partial charge in [0.05, 0.1) is 85.0 Å². The van der Waals surface area contributed by atoms with Crippen molar-refractivity contribution in [1.29, 1.82) is 0 Å². The number of hydrogen-bond acceptors (Lipinski definition) is 20. The van der Waals surface area contributed by atoms with Gasteiger partial charge in [-0.05, 0) is 111 Å². The molecule has 0 atom stereocenters. The first-order valence-electron chi connectivity index (χ1n) is 26.9. The highest BCUT2D eigenvalue weighted by molar-refractivity contribution is 5.63. The maximum Gasteiger partial charge on any atom is 0.271 e. The molecular weight excluding hydrogens is 1090 g/mol. The number of nitro groups is 4. The van der Waals surface area contributed by atoms with Gasteiger partial charge in [0, 0.05) is 101 Å². The summed E-state index contributed by atoms with van der Waals surface area (Å²) >= 11 is 0. The fourth-order valence-electron chi connectivity index (χ4n) is 8.81. The first kappa shape index (κ1) is 60.1. The largest absolute Gasteiger partial charge is 0.507 e. The van der Waals surface area contributed by atoms with Gasteiger partial charge >= 0.3 is 0 Å². The number of benzene rings is 8. The van der Waals surface area contributed by atoms with Crippen LogP contribution in [0.3, 0.4) is 0 Å². The number of aryl methyl sites for hydroxylation is 1. The molecule has 0 amide bonds. The molecule has 0 radical (unpaired) electrons. The standard InChI is InChI=1S/C61H56N12O12/c1-5-22-83-58-21-20-50(66-62-46-12-8-16-54(35-46)70(75)76)29-40(58)26-41-30-52(68-64-48-14-10-18-56(37-48)72(79)80)31-42(59(41)74)27-44-33-53(69-65-49-15-11-19-57(38-49)73(81)82)34-45(61(44)85-24-7-3)28-43-32-51(25-39(4)60(43)84-23-6-2)67-63-47-13-9-17-55(36-47)71(77)78/h8-21,25,29-38,74H,5-7,22-24,26-28H2,1-4H3. The number of nitro benzene ring substituents is 4. The van der Waals surface area contributed by atoms with Crippen LogP contribution < -0.4 is 14.2 Å². The van der Waals surface area contributed by atoms with Crippen molar-refractivity contribution in [2.75, 3.05) is 19.8 Å². The van der Waals surface area contributed by atoms with Crippen molar-refractivity contribution in [3.63, 3.8) is 0 Å². The van der Waals surface area contributed by atoms with E-state index in [0.29, 0.717) is 100 Å². The summed E-state index contributed by atoms with van der Waals surface area (Å²) in [5.74, 6) is 1.34. The van der Waals surface area contributed by atoms with Gasteiger partial charge in [-0.2, -0.15) is 40.9 Å². The van der Waals surface area contributed by atoms with Crippen LogP contribution >= 0.6 is 0 Å². The number of phenols is 1. The summed E-state index contributed by atoms with van der Waals surface area (Å²) in [6, 6.07) is 38.4. The van der Waals surface area contributed by atoms with Gasteiger partial charge in [-0.15, -0.1) is 0 Å². The van der Waals surface area contributed by atoms with Crippen LogP contribution in [0.15, 0.2) is 193 Å². The molecule has 0 spiro atoms. The third-order valence-corrected chi connectivity index (χ3v) is 12.7. The van der Waals surface area contributed by atoms with Crippen molar-refractivity contribution in [2.24, 2.45) is 40.9 Å². The van der Waals surface area contributed by atoms with Crippen LogP contribution in [0, 0.1) is 47.4 Å². The van der Waals surface area contributed by atoms with Crippen molar-refractivity contribution in [3.05, 3.63) is 231 Å². The van der Waals surface area contributed by atoms with E-state index in [4.69, 9.17) is 14.2 Å². The van der Waals surface area contributed by atoms with Crippen molar-refractivity contribution >= 4 is 68.2 Å². The molecule has 432 valence electrons. The van der Waals surface area contributed by atoms with Gasteiger partial charge in [0.15, 0.2) is 0 Å². The number of nitrogens with zero attached hydrogens (tertiary/aromatic N) is 12.